The smallest absolute Gasteiger partial charge is 0.102 e. The second-order valence-electron chi connectivity index (χ2n) is 4.40. The molecule has 15 heavy (non-hydrogen) atoms. The van der Waals surface area contributed by atoms with E-state index >= 15 is 0 Å². The van der Waals surface area contributed by atoms with E-state index in [2.05, 4.69) is 34.9 Å². The molecule has 3 nitrogen and oxygen atoms in total. The minimum atomic E-state index is 0.243. The highest BCUT2D eigenvalue weighted by Crippen LogP contribution is 2.17. The number of halogens is 1. The van der Waals surface area contributed by atoms with Crippen LogP contribution >= 0.6 is 15.9 Å². The Bertz CT molecular complexity index is 308. The first kappa shape index (κ1) is 12.7. The molecular weight excluding hydrogens is 256 g/mol. The minimum absolute atomic E-state index is 0.243. The summed E-state index contributed by atoms with van der Waals surface area (Å²) in [5, 5.41) is 4.47. The number of rotatable bonds is 5. The number of hydrogen-bond acceptors (Lipinski definition) is 2. The number of ether oxygens (including phenoxy) is 1. The van der Waals surface area contributed by atoms with E-state index in [1.54, 1.807) is 0 Å². The Balaban J connectivity index is 2.60. The lowest BCUT2D eigenvalue weighted by Crippen LogP contribution is -2.07. The van der Waals surface area contributed by atoms with Gasteiger partial charge in [0.25, 0.3) is 0 Å². The molecule has 86 valence electrons. The summed E-state index contributed by atoms with van der Waals surface area (Å²) < 4.78 is 8.52. The van der Waals surface area contributed by atoms with Gasteiger partial charge in [-0.15, -0.1) is 0 Å². The summed E-state index contributed by atoms with van der Waals surface area (Å²) in [7, 11) is 0. The van der Waals surface area contributed by atoms with Gasteiger partial charge in [-0.2, -0.15) is 5.10 Å². The molecule has 0 radical (unpaired) electrons. The lowest BCUT2D eigenvalue weighted by Gasteiger charge is -2.06. The van der Waals surface area contributed by atoms with Crippen molar-refractivity contribution in [3.63, 3.8) is 0 Å². The van der Waals surface area contributed by atoms with E-state index in [1.807, 2.05) is 24.7 Å². The fourth-order valence-corrected chi connectivity index (χ4v) is 1.68. The van der Waals surface area contributed by atoms with Gasteiger partial charge in [-0.05, 0) is 35.7 Å². The van der Waals surface area contributed by atoms with Crippen molar-refractivity contribution in [3.05, 3.63) is 16.4 Å². The van der Waals surface area contributed by atoms with E-state index < -0.39 is 0 Å². The molecular formula is C11H19BrN2O. The van der Waals surface area contributed by atoms with Crippen LogP contribution in [-0.4, -0.2) is 15.9 Å². The fraction of sp³-hybridized carbons (Fsp3) is 0.727. The maximum Gasteiger partial charge on any atom is 0.102 e. The quantitative estimate of drug-likeness (QED) is 0.825. The van der Waals surface area contributed by atoms with E-state index in [0.717, 1.165) is 16.7 Å². The van der Waals surface area contributed by atoms with E-state index in [0.29, 0.717) is 12.5 Å². The largest absolute Gasteiger partial charge is 0.372 e. The van der Waals surface area contributed by atoms with Crippen molar-refractivity contribution >= 4 is 15.9 Å². The maximum atomic E-state index is 5.52. The minimum Gasteiger partial charge on any atom is -0.372 e. The Kier molecular flexibility index (Phi) is 4.80. The molecule has 1 rings (SSSR count). The third kappa shape index (κ3) is 4.34. The number of hydrogen-bond donors (Lipinski definition) is 0. The molecule has 0 amide bonds. The molecule has 0 aromatic carbocycles. The molecule has 1 heterocycles. The first-order valence-corrected chi connectivity index (χ1v) is 6.11. The molecule has 0 aliphatic carbocycles. The second kappa shape index (κ2) is 5.66. The molecule has 0 saturated heterocycles. The predicted molar refractivity (Wildman–Crippen MR) is 64.7 cm³/mol. The van der Waals surface area contributed by atoms with Crippen molar-refractivity contribution in [2.24, 2.45) is 5.92 Å². The standard InChI is InChI=1S/C11H19BrN2O/c1-8(2)5-14-6-10(12)11(13-14)7-15-9(3)4/h6,8-9H,5,7H2,1-4H3. The van der Waals surface area contributed by atoms with Gasteiger partial charge in [0, 0.05) is 12.7 Å². The van der Waals surface area contributed by atoms with Crippen LogP contribution in [0.4, 0.5) is 0 Å². The van der Waals surface area contributed by atoms with Crippen LogP contribution in [0.1, 0.15) is 33.4 Å². The highest BCUT2D eigenvalue weighted by molar-refractivity contribution is 9.10. The molecule has 0 aliphatic heterocycles. The van der Waals surface area contributed by atoms with Gasteiger partial charge in [-0.1, -0.05) is 13.8 Å². The van der Waals surface area contributed by atoms with Crippen molar-refractivity contribution in [2.75, 3.05) is 0 Å². The van der Waals surface area contributed by atoms with Gasteiger partial charge in [0.2, 0.25) is 0 Å². The van der Waals surface area contributed by atoms with Gasteiger partial charge in [0.15, 0.2) is 0 Å². The molecule has 0 aliphatic rings. The molecule has 1 aromatic heterocycles. The highest BCUT2D eigenvalue weighted by atomic mass is 79.9. The zero-order valence-electron chi connectivity index (χ0n) is 9.83. The molecule has 0 fully saturated rings. The van der Waals surface area contributed by atoms with Gasteiger partial charge in [0.05, 0.1) is 17.2 Å². The summed E-state index contributed by atoms with van der Waals surface area (Å²) in [6.07, 6.45) is 2.26. The van der Waals surface area contributed by atoms with Crippen LogP contribution in [0, 0.1) is 5.92 Å². The fourth-order valence-electron chi connectivity index (χ4n) is 1.25. The van der Waals surface area contributed by atoms with Crippen LogP contribution in [0.3, 0.4) is 0 Å². The Labute approximate surface area is 99.9 Å². The van der Waals surface area contributed by atoms with Crippen LogP contribution in [-0.2, 0) is 17.9 Å². The topological polar surface area (TPSA) is 27.1 Å². The van der Waals surface area contributed by atoms with Crippen molar-refractivity contribution in [1.29, 1.82) is 0 Å². The van der Waals surface area contributed by atoms with Gasteiger partial charge < -0.3 is 4.74 Å². The molecule has 1 aromatic rings. The van der Waals surface area contributed by atoms with Crippen molar-refractivity contribution in [1.82, 2.24) is 9.78 Å². The average Bonchev–Trinajstić information content (AvgIpc) is 2.41. The number of nitrogens with zero attached hydrogens (tertiary/aromatic N) is 2. The van der Waals surface area contributed by atoms with Gasteiger partial charge in [-0.3, -0.25) is 4.68 Å². The molecule has 0 atom stereocenters. The van der Waals surface area contributed by atoms with Crippen LogP contribution in [0.15, 0.2) is 10.7 Å². The van der Waals surface area contributed by atoms with E-state index in [4.69, 9.17) is 4.74 Å². The summed E-state index contributed by atoms with van der Waals surface area (Å²) in [5.41, 5.74) is 0.976. The monoisotopic (exact) mass is 274 g/mol. The van der Waals surface area contributed by atoms with E-state index in [1.165, 1.54) is 0 Å². The van der Waals surface area contributed by atoms with Gasteiger partial charge >= 0.3 is 0 Å². The van der Waals surface area contributed by atoms with Crippen molar-refractivity contribution in [3.8, 4) is 0 Å². The Morgan fingerprint density at radius 2 is 2.07 bits per heavy atom. The number of aromatic nitrogens is 2. The highest BCUT2D eigenvalue weighted by Gasteiger charge is 2.08. The zero-order valence-corrected chi connectivity index (χ0v) is 11.4. The molecule has 0 N–H and O–H groups in total. The molecule has 4 heteroatoms. The summed E-state index contributed by atoms with van der Waals surface area (Å²) in [5.74, 6) is 0.607. The predicted octanol–water partition coefficient (Wildman–Crippen LogP) is 3.23. The Hall–Kier alpha value is -0.350. The summed E-state index contributed by atoms with van der Waals surface area (Å²) in [6.45, 7) is 9.93. The SMILES string of the molecule is CC(C)Cn1cc(Br)c(COC(C)C)n1. The van der Waals surface area contributed by atoms with E-state index in [9.17, 15) is 0 Å². The third-order valence-corrected chi connectivity index (χ3v) is 2.56. The zero-order chi connectivity index (χ0) is 11.4. The summed E-state index contributed by atoms with van der Waals surface area (Å²) in [6, 6.07) is 0. The lowest BCUT2D eigenvalue weighted by molar-refractivity contribution is 0.0628. The lowest BCUT2D eigenvalue weighted by atomic mass is 10.2. The molecule has 0 bridgehead atoms. The van der Waals surface area contributed by atoms with E-state index in [-0.39, 0.29) is 6.10 Å². The van der Waals surface area contributed by atoms with Crippen LogP contribution in [0.5, 0.6) is 0 Å². The Morgan fingerprint density at radius 1 is 1.40 bits per heavy atom. The molecule has 0 saturated carbocycles. The average molecular weight is 275 g/mol. The summed E-state index contributed by atoms with van der Waals surface area (Å²) in [4.78, 5) is 0. The third-order valence-electron chi connectivity index (χ3n) is 1.89. The molecule has 0 spiro atoms. The van der Waals surface area contributed by atoms with Crippen molar-refractivity contribution in [2.45, 2.75) is 47.0 Å². The van der Waals surface area contributed by atoms with Gasteiger partial charge in [-0.25, -0.2) is 0 Å². The van der Waals surface area contributed by atoms with Gasteiger partial charge in [0.1, 0.15) is 5.69 Å². The van der Waals surface area contributed by atoms with Crippen molar-refractivity contribution < 1.29 is 4.74 Å². The summed E-state index contributed by atoms with van der Waals surface area (Å²) >= 11 is 3.49. The normalized spacial score (nSPS) is 11.7. The maximum absolute atomic E-state index is 5.52. The van der Waals surface area contributed by atoms with Crippen LogP contribution < -0.4 is 0 Å². The van der Waals surface area contributed by atoms with Crippen LogP contribution in [0.25, 0.3) is 0 Å². The first-order chi connectivity index (χ1) is 6.99. The first-order valence-electron chi connectivity index (χ1n) is 5.32. The molecule has 0 unspecified atom stereocenters. The second-order valence-corrected chi connectivity index (χ2v) is 5.25. The van der Waals surface area contributed by atoms with Crippen LogP contribution in [0.2, 0.25) is 0 Å². The Morgan fingerprint density at radius 3 is 2.60 bits per heavy atom.